The van der Waals surface area contributed by atoms with Crippen LogP contribution < -0.4 is 5.73 Å². The van der Waals surface area contributed by atoms with Crippen molar-refractivity contribution in [1.29, 1.82) is 0 Å². The SMILES string of the molecule is NCc1ccc(-c2ccccc2-c2nn[nH]n2)cc1. The summed E-state index contributed by atoms with van der Waals surface area (Å²) in [6, 6.07) is 16.2. The molecule has 5 heteroatoms. The Bertz CT molecular complexity index is 659. The zero-order valence-electron chi connectivity index (χ0n) is 10.2. The number of nitrogens with two attached hydrogens (primary N) is 1. The highest BCUT2D eigenvalue weighted by atomic mass is 15.5. The predicted molar refractivity (Wildman–Crippen MR) is 72.9 cm³/mol. The van der Waals surface area contributed by atoms with Crippen molar-refractivity contribution in [3.8, 4) is 22.5 Å². The molecule has 0 aliphatic carbocycles. The number of nitrogens with one attached hydrogen (secondary N) is 1. The summed E-state index contributed by atoms with van der Waals surface area (Å²) in [5.41, 5.74) is 9.87. The molecule has 19 heavy (non-hydrogen) atoms. The summed E-state index contributed by atoms with van der Waals surface area (Å²) in [5.74, 6) is 0.596. The van der Waals surface area contributed by atoms with E-state index in [-0.39, 0.29) is 0 Å². The van der Waals surface area contributed by atoms with Gasteiger partial charge in [-0.3, -0.25) is 0 Å². The number of H-pyrrole nitrogens is 1. The van der Waals surface area contributed by atoms with Gasteiger partial charge in [0.15, 0.2) is 0 Å². The highest BCUT2D eigenvalue weighted by Crippen LogP contribution is 2.29. The van der Waals surface area contributed by atoms with Crippen molar-refractivity contribution < 1.29 is 0 Å². The number of benzene rings is 2. The molecule has 0 saturated carbocycles. The van der Waals surface area contributed by atoms with Gasteiger partial charge in [-0.25, -0.2) is 0 Å². The van der Waals surface area contributed by atoms with Gasteiger partial charge in [0.25, 0.3) is 0 Å². The fourth-order valence-electron chi connectivity index (χ4n) is 2.03. The summed E-state index contributed by atoms with van der Waals surface area (Å²) < 4.78 is 0. The standard InChI is InChI=1S/C14H13N5/c15-9-10-5-7-11(8-6-10)12-3-1-2-4-13(12)14-16-18-19-17-14/h1-8H,9,15H2,(H,16,17,18,19). The van der Waals surface area contributed by atoms with Crippen LogP contribution >= 0.6 is 0 Å². The van der Waals surface area contributed by atoms with Crippen LogP contribution in [0.1, 0.15) is 5.56 Å². The number of aromatic amines is 1. The molecule has 0 radical (unpaired) electrons. The summed E-state index contributed by atoms with van der Waals surface area (Å²) in [5, 5.41) is 14.2. The van der Waals surface area contributed by atoms with Crippen LogP contribution in [0.3, 0.4) is 0 Å². The van der Waals surface area contributed by atoms with Crippen LogP contribution in [0.25, 0.3) is 22.5 Å². The normalized spacial score (nSPS) is 10.6. The molecule has 0 saturated heterocycles. The van der Waals surface area contributed by atoms with E-state index in [1.165, 1.54) is 0 Å². The molecule has 2 aromatic carbocycles. The third kappa shape index (κ3) is 2.23. The second kappa shape index (κ2) is 4.99. The van der Waals surface area contributed by atoms with Crippen molar-refractivity contribution >= 4 is 0 Å². The summed E-state index contributed by atoms with van der Waals surface area (Å²) in [4.78, 5) is 0. The molecule has 0 atom stereocenters. The van der Waals surface area contributed by atoms with Gasteiger partial charge in [0.1, 0.15) is 0 Å². The van der Waals surface area contributed by atoms with Crippen molar-refractivity contribution in [2.45, 2.75) is 6.54 Å². The number of aromatic nitrogens is 4. The van der Waals surface area contributed by atoms with Crippen molar-refractivity contribution in [3.05, 3.63) is 54.1 Å². The zero-order valence-corrected chi connectivity index (χ0v) is 10.2. The van der Waals surface area contributed by atoms with Gasteiger partial charge < -0.3 is 5.73 Å². The lowest BCUT2D eigenvalue weighted by Crippen LogP contribution is -1.95. The first-order valence-corrected chi connectivity index (χ1v) is 6.00. The van der Waals surface area contributed by atoms with Gasteiger partial charge in [0, 0.05) is 12.1 Å². The Labute approximate surface area is 110 Å². The first-order valence-electron chi connectivity index (χ1n) is 6.00. The van der Waals surface area contributed by atoms with E-state index < -0.39 is 0 Å². The second-order valence-corrected chi connectivity index (χ2v) is 4.18. The Morgan fingerprint density at radius 2 is 1.68 bits per heavy atom. The van der Waals surface area contributed by atoms with E-state index in [2.05, 4.69) is 32.8 Å². The molecule has 94 valence electrons. The number of hydrogen-bond acceptors (Lipinski definition) is 4. The van der Waals surface area contributed by atoms with Crippen molar-refractivity contribution in [3.63, 3.8) is 0 Å². The Morgan fingerprint density at radius 1 is 0.947 bits per heavy atom. The van der Waals surface area contributed by atoms with Gasteiger partial charge in [-0.15, -0.1) is 10.2 Å². The Morgan fingerprint density at radius 3 is 2.32 bits per heavy atom. The van der Waals surface area contributed by atoms with Gasteiger partial charge in [0.05, 0.1) is 0 Å². The molecule has 0 amide bonds. The van der Waals surface area contributed by atoms with Crippen molar-refractivity contribution in [2.75, 3.05) is 0 Å². The first kappa shape index (κ1) is 11.6. The molecular weight excluding hydrogens is 238 g/mol. The molecule has 0 aliphatic heterocycles. The molecule has 0 bridgehead atoms. The largest absolute Gasteiger partial charge is 0.326 e. The van der Waals surface area contributed by atoms with E-state index in [0.717, 1.165) is 22.3 Å². The van der Waals surface area contributed by atoms with Crippen LogP contribution in [-0.2, 0) is 6.54 Å². The van der Waals surface area contributed by atoms with E-state index in [9.17, 15) is 0 Å². The number of tetrazole rings is 1. The zero-order chi connectivity index (χ0) is 13.1. The summed E-state index contributed by atoms with van der Waals surface area (Å²) >= 11 is 0. The van der Waals surface area contributed by atoms with E-state index in [0.29, 0.717) is 12.4 Å². The van der Waals surface area contributed by atoms with Crippen LogP contribution in [0.2, 0.25) is 0 Å². The maximum atomic E-state index is 5.61. The third-order valence-corrected chi connectivity index (χ3v) is 3.01. The lowest BCUT2D eigenvalue weighted by molar-refractivity contribution is 0.881. The average molecular weight is 251 g/mol. The van der Waals surface area contributed by atoms with Crippen molar-refractivity contribution in [2.24, 2.45) is 5.73 Å². The highest BCUT2D eigenvalue weighted by molar-refractivity contribution is 5.80. The summed E-state index contributed by atoms with van der Waals surface area (Å²) in [6.45, 7) is 0.548. The quantitative estimate of drug-likeness (QED) is 0.746. The van der Waals surface area contributed by atoms with Crippen LogP contribution in [0, 0.1) is 0 Å². The van der Waals surface area contributed by atoms with E-state index >= 15 is 0 Å². The minimum absolute atomic E-state index is 0.548. The second-order valence-electron chi connectivity index (χ2n) is 4.18. The van der Waals surface area contributed by atoms with E-state index in [1.54, 1.807) is 0 Å². The molecule has 3 N–H and O–H groups in total. The summed E-state index contributed by atoms with van der Waals surface area (Å²) in [7, 11) is 0. The van der Waals surface area contributed by atoms with Crippen LogP contribution in [0.15, 0.2) is 48.5 Å². The first-order chi connectivity index (χ1) is 9.38. The fraction of sp³-hybridized carbons (Fsp3) is 0.0714. The molecule has 3 rings (SSSR count). The minimum atomic E-state index is 0.548. The van der Waals surface area contributed by atoms with E-state index in [1.807, 2.05) is 36.4 Å². The Kier molecular flexibility index (Phi) is 3.04. The molecule has 1 heterocycles. The lowest BCUT2D eigenvalue weighted by atomic mass is 9.98. The van der Waals surface area contributed by atoms with Crippen LogP contribution in [-0.4, -0.2) is 20.6 Å². The highest BCUT2D eigenvalue weighted by Gasteiger charge is 2.10. The number of nitrogens with zero attached hydrogens (tertiary/aromatic N) is 3. The average Bonchev–Trinajstić information content (AvgIpc) is 3.01. The van der Waals surface area contributed by atoms with Gasteiger partial charge >= 0.3 is 0 Å². The van der Waals surface area contributed by atoms with Crippen LogP contribution in [0.5, 0.6) is 0 Å². The van der Waals surface area contributed by atoms with E-state index in [4.69, 9.17) is 5.73 Å². The molecule has 5 nitrogen and oxygen atoms in total. The molecular formula is C14H13N5. The smallest absolute Gasteiger partial charge is 0.205 e. The maximum Gasteiger partial charge on any atom is 0.205 e. The third-order valence-electron chi connectivity index (χ3n) is 3.01. The van der Waals surface area contributed by atoms with Crippen molar-refractivity contribution in [1.82, 2.24) is 20.6 Å². The fourth-order valence-corrected chi connectivity index (χ4v) is 2.03. The predicted octanol–water partition coefficient (Wildman–Crippen LogP) is 1.99. The lowest BCUT2D eigenvalue weighted by Gasteiger charge is -2.07. The minimum Gasteiger partial charge on any atom is -0.326 e. The molecule has 1 aromatic heterocycles. The maximum absolute atomic E-state index is 5.61. The Balaban J connectivity index is 2.09. The van der Waals surface area contributed by atoms with Gasteiger partial charge in [-0.05, 0) is 21.9 Å². The number of rotatable bonds is 3. The molecule has 0 fully saturated rings. The molecule has 0 spiro atoms. The monoisotopic (exact) mass is 251 g/mol. The topological polar surface area (TPSA) is 80.5 Å². The summed E-state index contributed by atoms with van der Waals surface area (Å²) in [6.07, 6.45) is 0. The number of hydrogen-bond donors (Lipinski definition) is 2. The van der Waals surface area contributed by atoms with Gasteiger partial charge in [0.2, 0.25) is 5.82 Å². The molecule has 3 aromatic rings. The van der Waals surface area contributed by atoms with Gasteiger partial charge in [-0.2, -0.15) is 5.21 Å². The van der Waals surface area contributed by atoms with Crippen LogP contribution in [0.4, 0.5) is 0 Å². The Hall–Kier alpha value is -2.53. The van der Waals surface area contributed by atoms with Gasteiger partial charge in [-0.1, -0.05) is 48.5 Å². The molecule has 0 aliphatic rings. The molecule has 0 unspecified atom stereocenters.